The second kappa shape index (κ2) is 2.29. The van der Waals surface area contributed by atoms with E-state index in [0.29, 0.717) is 5.92 Å². The standard InChI is InChI=1S/C6H10F/c7-5-6-3-1-2-4-6/h5-6H,1-4H2. The van der Waals surface area contributed by atoms with Gasteiger partial charge >= 0.3 is 0 Å². The maximum Gasteiger partial charge on any atom is 0.134 e. The Bertz CT molecular complexity index is 46.1. The predicted octanol–water partition coefficient (Wildman–Crippen LogP) is 2.31. The molecule has 0 amide bonds. The van der Waals surface area contributed by atoms with Gasteiger partial charge in [0.1, 0.15) is 6.67 Å². The van der Waals surface area contributed by atoms with E-state index in [2.05, 4.69) is 0 Å². The van der Waals surface area contributed by atoms with Crippen LogP contribution < -0.4 is 0 Å². The average Bonchev–Trinajstić information content (AvgIpc) is 2.14. The third kappa shape index (κ3) is 1.15. The van der Waals surface area contributed by atoms with Gasteiger partial charge in [0.25, 0.3) is 0 Å². The lowest BCUT2D eigenvalue weighted by Gasteiger charge is -1.95. The highest BCUT2D eigenvalue weighted by Gasteiger charge is 2.13. The van der Waals surface area contributed by atoms with Crippen molar-refractivity contribution in [2.75, 3.05) is 0 Å². The smallest absolute Gasteiger partial charge is 0.134 e. The molecule has 0 nitrogen and oxygen atoms in total. The molecule has 41 valence electrons. The first-order valence-corrected chi connectivity index (χ1v) is 2.87. The van der Waals surface area contributed by atoms with E-state index in [9.17, 15) is 4.39 Å². The molecule has 0 bridgehead atoms. The first-order valence-electron chi connectivity index (χ1n) is 2.87. The van der Waals surface area contributed by atoms with Crippen LogP contribution in [0.15, 0.2) is 0 Å². The monoisotopic (exact) mass is 101 g/mol. The molecule has 1 rings (SSSR count). The van der Waals surface area contributed by atoms with E-state index in [1.54, 1.807) is 0 Å². The Morgan fingerprint density at radius 1 is 1.29 bits per heavy atom. The zero-order chi connectivity index (χ0) is 5.11. The third-order valence-corrected chi connectivity index (χ3v) is 1.58. The summed E-state index contributed by atoms with van der Waals surface area (Å²) < 4.78 is 11.6. The fourth-order valence-electron chi connectivity index (χ4n) is 1.08. The van der Waals surface area contributed by atoms with Crippen molar-refractivity contribution in [1.82, 2.24) is 0 Å². The van der Waals surface area contributed by atoms with Gasteiger partial charge in [0, 0.05) is 0 Å². The van der Waals surface area contributed by atoms with Gasteiger partial charge in [-0.25, -0.2) is 4.39 Å². The quantitative estimate of drug-likeness (QED) is 0.475. The minimum atomic E-state index is 0.306. The van der Waals surface area contributed by atoms with Gasteiger partial charge in [0.2, 0.25) is 0 Å². The molecule has 1 fully saturated rings. The minimum Gasteiger partial charge on any atom is -0.244 e. The van der Waals surface area contributed by atoms with Crippen molar-refractivity contribution in [3.05, 3.63) is 6.67 Å². The zero-order valence-electron chi connectivity index (χ0n) is 4.36. The molecule has 0 aromatic rings. The number of hydrogen-bond donors (Lipinski definition) is 0. The van der Waals surface area contributed by atoms with Crippen molar-refractivity contribution < 1.29 is 4.39 Å². The van der Waals surface area contributed by atoms with Gasteiger partial charge in [0.05, 0.1) is 0 Å². The molecular weight excluding hydrogens is 91.1 g/mol. The van der Waals surface area contributed by atoms with Crippen LogP contribution >= 0.6 is 0 Å². The van der Waals surface area contributed by atoms with Crippen molar-refractivity contribution in [2.24, 2.45) is 5.92 Å². The van der Waals surface area contributed by atoms with Crippen LogP contribution in [0.5, 0.6) is 0 Å². The Hall–Kier alpha value is -0.0700. The van der Waals surface area contributed by atoms with Gasteiger partial charge in [0.15, 0.2) is 0 Å². The molecule has 7 heavy (non-hydrogen) atoms. The summed E-state index contributed by atoms with van der Waals surface area (Å²) in [7, 11) is 0. The summed E-state index contributed by atoms with van der Waals surface area (Å²) in [5.41, 5.74) is 0. The summed E-state index contributed by atoms with van der Waals surface area (Å²) in [6.45, 7) is 0.840. The molecule has 0 aromatic heterocycles. The third-order valence-electron chi connectivity index (χ3n) is 1.58. The van der Waals surface area contributed by atoms with Crippen LogP contribution in [0.2, 0.25) is 0 Å². The summed E-state index contributed by atoms with van der Waals surface area (Å²) in [5.74, 6) is 0.306. The molecule has 1 aliphatic carbocycles. The molecule has 0 aliphatic heterocycles. The number of hydrogen-bond acceptors (Lipinski definition) is 0. The van der Waals surface area contributed by atoms with Crippen molar-refractivity contribution in [2.45, 2.75) is 25.7 Å². The molecular formula is C6H10F. The van der Waals surface area contributed by atoms with E-state index in [1.807, 2.05) is 0 Å². The van der Waals surface area contributed by atoms with Crippen LogP contribution in [0, 0.1) is 12.6 Å². The lowest BCUT2D eigenvalue weighted by molar-refractivity contribution is 0.461. The van der Waals surface area contributed by atoms with Gasteiger partial charge in [-0.2, -0.15) is 0 Å². The predicted molar refractivity (Wildman–Crippen MR) is 27.4 cm³/mol. The number of rotatable bonds is 1. The second-order valence-electron chi connectivity index (χ2n) is 2.17. The topological polar surface area (TPSA) is 0 Å². The highest BCUT2D eigenvalue weighted by Crippen LogP contribution is 2.26. The molecule has 0 unspecified atom stereocenters. The average molecular weight is 101 g/mol. The van der Waals surface area contributed by atoms with Crippen LogP contribution in [0.1, 0.15) is 25.7 Å². The van der Waals surface area contributed by atoms with Crippen molar-refractivity contribution in [3.63, 3.8) is 0 Å². The molecule has 0 atom stereocenters. The van der Waals surface area contributed by atoms with Crippen molar-refractivity contribution >= 4 is 0 Å². The van der Waals surface area contributed by atoms with E-state index in [0.717, 1.165) is 19.5 Å². The van der Waals surface area contributed by atoms with Crippen molar-refractivity contribution in [3.8, 4) is 0 Å². The van der Waals surface area contributed by atoms with Gasteiger partial charge in [-0.15, -0.1) is 0 Å². The molecule has 0 aromatic carbocycles. The summed E-state index contributed by atoms with van der Waals surface area (Å²) in [4.78, 5) is 0. The molecule has 1 saturated carbocycles. The van der Waals surface area contributed by atoms with E-state index in [4.69, 9.17) is 0 Å². The highest BCUT2D eigenvalue weighted by atomic mass is 19.1. The van der Waals surface area contributed by atoms with Crippen LogP contribution in [0.3, 0.4) is 0 Å². The van der Waals surface area contributed by atoms with Crippen LogP contribution in [0.25, 0.3) is 0 Å². The first kappa shape index (κ1) is 5.07. The second-order valence-corrected chi connectivity index (χ2v) is 2.17. The normalized spacial score (nSPS) is 23.6. The maximum atomic E-state index is 11.6. The van der Waals surface area contributed by atoms with E-state index in [1.165, 1.54) is 12.8 Å². The zero-order valence-corrected chi connectivity index (χ0v) is 4.36. The van der Waals surface area contributed by atoms with Crippen molar-refractivity contribution in [1.29, 1.82) is 0 Å². The molecule has 0 N–H and O–H groups in total. The number of halogens is 1. The summed E-state index contributed by atoms with van der Waals surface area (Å²) in [6, 6.07) is 0. The van der Waals surface area contributed by atoms with E-state index >= 15 is 0 Å². The van der Waals surface area contributed by atoms with Crippen LogP contribution in [-0.2, 0) is 0 Å². The molecule has 1 aliphatic rings. The molecule has 0 heterocycles. The van der Waals surface area contributed by atoms with Gasteiger partial charge < -0.3 is 0 Å². The molecule has 0 spiro atoms. The summed E-state index contributed by atoms with van der Waals surface area (Å²) in [5, 5.41) is 0. The lowest BCUT2D eigenvalue weighted by atomic mass is 10.1. The molecule has 1 heteroatoms. The van der Waals surface area contributed by atoms with E-state index in [-0.39, 0.29) is 0 Å². The van der Waals surface area contributed by atoms with Gasteiger partial charge in [-0.05, 0) is 18.8 Å². The Balaban J connectivity index is 2.14. The fourth-order valence-corrected chi connectivity index (χ4v) is 1.08. The minimum absolute atomic E-state index is 0.306. The van der Waals surface area contributed by atoms with Gasteiger partial charge in [-0.3, -0.25) is 0 Å². The lowest BCUT2D eigenvalue weighted by Crippen LogP contribution is -1.86. The fraction of sp³-hybridized carbons (Fsp3) is 0.833. The first-order chi connectivity index (χ1) is 3.43. The highest BCUT2D eigenvalue weighted by molar-refractivity contribution is 4.72. The Morgan fingerprint density at radius 3 is 2.14 bits per heavy atom. The Labute approximate surface area is 43.7 Å². The van der Waals surface area contributed by atoms with Crippen LogP contribution in [-0.4, -0.2) is 0 Å². The molecule has 0 saturated heterocycles. The van der Waals surface area contributed by atoms with Gasteiger partial charge in [-0.1, -0.05) is 12.8 Å². The molecule has 1 radical (unpaired) electrons. The Kier molecular flexibility index (Phi) is 1.66. The SMILES string of the molecule is F[CH]C1CCCC1. The largest absolute Gasteiger partial charge is 0.244 e. The Morgan fingerprint density at radius 2 is 1.86 bits per heavy atom. The van der Waals surface area contributed by atoms with E-state index < -0.39 is 0 Å². The van der Waals surface area contributed by atoms with Crippen LogP contribution in [0.4, 0.5) is 4.39 Å². The maximum absolute atomic E-state index is 11.6. The summed E-state index contributed by atoms with van der Waals surface area (Å²) in [6.07, 6.45) is 4.61. The summed E-state index contributed by atoms with van der Waals surface area (Å²) >= 11 is 0.